The molecule has 0 heterocycles. The van der Waals surface area contributed by atoms with Crippen LogP contribution in [0.25, 0.3) is 0 Å². The molecule has 1 aromatic carbocycles. The zero-order chi connectivity index (χ0) is 16.7. The summed E-state index contributed by atoms with van der Waals surface area (Å²) in [6, 6.07) is -0.218. The van der Waals surface area contributed by atoms with Crippen LogP contribution in [0.3, 0.4) is 0 Å². The van der Waals surface area contributed by atoms with E-state index in [1.54, 1.807) is 0 Å². The molecule has 1 rings (SSSR count). The fraction of sp³-hybridized carbons (Fsp3) is 0.467. The van der Waals surface area contributed by atoms with Crippen LogP contribution in [0.5, 0.6) is 0 Å². The van der Waals surface area contributed by atoms with Crippen LogP contribution in [-0.4, -0.2) is 17.9 Å². The van der Waals surface area contributed by atoms with Crippen LogP contribution in [0.4, 0.5) is 13.2 Å². The smallest absolute Gasteiger partial charge is 0.257 e. The topological polar surface area (TPSA) is 72.2 Å². The van der Waals surface area contributed by atoms with Gasteiger partial charge in [0.25, 0.3) is 5.91 Å². The van der Waals surface area contributed by atoms with Crippen molar-refractivity contribution in [2.45, 2.75) is 45.1 Å². The van der Waals surface area contributed by atoms with Gasteiger partial charge in [-0.25, -0.2) is 13.2 Å². The number of carbonyl (C=O) groups excluding carboxylic acids is 2. The van der Waals surface area contributed by atoms with Gasteiger partial charge >= 0.3 is 0 Å². The number of nitrogens with one attached hydrogen (secondary N) is 1. The molecule has 0 aliphatic carbocycles. The van der Waals surface area contributed by atoms with Gasteiger partial charge in [-0.1, -0.05) is 32.6 Å². The first-order valence-electron chi connectivity index (χ1n) is 7.11. The van der Waals surface area contributed by atoms with Gasteiger partial charge in [0.05, 0.1) is 0 Å². The van der Waals surface area contributed by atoms with Crippen molar-refractivity contribution >= 4 is 11.8 Å². The maximum absolute atomic E-state index is 13.5. The molecule has 0 saturated heterocycles. The van der Waals surface area contributed by atoms with Gasteiger partial charge in [-0.3, -0.25) is 9.59 Å². The number of rotatable bonds is 8. The second-order valence-corrected chi connectivity index (χ2v) is 5.02. The second kappa shape index (κ2) is 8.41. The maximum atomic E-state index is 13.5. The van der Waals surface area contributed by atoms with Crippen LogP contribution in [0, 0.1) is 17.5 Å². The average molecular weight is 316 g/mol. The molecule has 0 radical (unpaired) electrons. The Morgan fingerprint density at radius 3 is 2.23 bits per heavy atom. The highest BCUT2D eigenvalue weighted by molar-refractivity contribution is 5.97. The molecular weight excluding hydrogens is 297 g/mol. The molecule has 122 valence electrons. The van der Waals surface area contributed by atoms with Gasteiger partial charge < -0.3 is 11.1 Å². The highest BCUT2D eigenvalue weighted by atomic mass is 19.1. The standard InChI is InChI=1S/C15H19F3N2O2/c1-2-3-4-5-6-12(14(19)21)20-15(22)13-10(17)7-9(16)8-11(13)18/h7-8,12H,2-6H2,1H3,(H2,19,21)(H,20,22)/t12-/m0/s1. The molecule has 22 heavy (non-hydrogen) atoms. The fourth-order valence-corrected chi connectivity index (χ4v) is 2.05. The lowest BCUT2D eigenvalue weighted by Gasteiger charge is -2.16. The van der Waals surface area contributed by atoms with Crippen LogP contribution in [0.15, 0.2) is 12.1 Å². The van der Waals surface area contributed by atoms with E-state index in [0.29, 0.717) is 18.6 Å². The zero-order valence-electron chi connectivity index (χ0n) is 12.3. The Bertz CT molecular complexity index is 527. The van der Waals surface area contributed by atoms with Crippen molar-refractivity contribution < 1.29 is 22.8 Å². The first kappa shape index (κ1) is 18.0. The maximum Gasteiger partial charge on any atom is 0.257 e. The molecular formula is C15H19F3N2O2. The molecule has 0 aliphatic rings. The molecule has 0 aliphatic heterocycles. The predicted molar refractivity (Wildman–Crippen MR) is 75.5 cm³/mol. The number of unbranched alkanes of at least 4 members (excludes halogenated alkanes) is 3. The van der Waals surface area contributed by atoms with Crippen molar-refractivity contribution in [2.75, 3.05) is 0 Å². The van der Waals surface area contributed by atoms with Gasteiger partial charge in [0.15, 0.2) is 0 Å². The first-order chi connectivity index (χ1) is 10.4. The number of benzene rings is 1. The van der Waals surface area contributed by atoms with E-state index in [9.17, 15) is 22.8 Å². The summed E-state index contributed by atoms with van der Waals surface area (Å²) in [7, 11) is 0. The third-order valence-corrected chi connectivity index (χ3v) is 3.23. The van der Waals surface area contributed by atoms with Gasteiger partial charge in [-0.2, -0.15) is 0 Å². The van der Waals surface area contributed by atoms with Crippen molar-refractivity contribution in [2.24, 2.45) is 5.73 Å². The average Bonchev–Trinajstić information content (AvgIpc) is 2.40. The van der Waals surface area contributed by atoms with Crippen LogP contribution in [0.1, 0.15) is 49.4 Å². The summed E-state index contributed by atoms with van der Waals surface area (Å²) in [5.41, 5.74) is 4.25. The minimum atomic E-state index is -1.33. The van der Waals surface area contributed by atoms with E-state index in [1.165, 1.54) is 0 Å². The van der Waals surface area contributed by atoms with E-state index in [4.69, 9.17) is 5.73 Å². The van der Waals surface area contributed by atoms with Gasteiger partial charge in [0, 0.05) is 12.1 Å². The van der Waals surface area contributed by atoms with Crippen molar-refractivity contribution in [3.8, 4) is 0 Å². The van der Waals surface area contributed by atoms with Crippen LogP contribution < -0.4 is 11.1 Å². The Hall–Kier alpha value is -2.05. The van der Waals surface area contributed by atoms with Crippen LogP contribution >= 0.6 is 0 Å². The predicted octanol–water partition coefficient (Wildman–Crippen LogP) is 2.66. The first-order valence-corrected chi connectivity index (χ1v) is 7.11. The van der Waals surface area contributed by atoms with Gasteiger partial charge in [-0.05, 0) is 6.42 Å². The lowest BCUT2D eigenvalue weighted by molar-refractivity contribution is -0.120. The van der Waals surface area contributed by atoms with Gasteiger partial charge in [0.1, 0.15) is 29.1 Å². The second-order valence-electron chi connectivity index (χ2n) is 5.02. The summed E-state index contributed by atoms with van der Waals surface area (Å²) < 4.78 is 39.8. The van der Waals surface area contributed by atoms with Crippen molar-refractivity contribution in [3.63, 3.8) is 0 Å². The number of halogens is 3. The summed E-state index contributed by atoms with van der Waals surface area (Å²) in [4.78, 5) is 23.2. The molecule has 0 unspecified atom stereocenters. The third-order valence-electron chi connectivity index (χ3n) is 3.23. The quantitative estimate of drug-likeness (QED) is 0.724. The van der Waals surface area contributed by atoms with Gasteiger partial charge in [0.2, 0.25) is 5.91 Å². The van der Waals surface area contributed by atoms with E-state index in [2.05, 4.69) is 5.32 Å². The van der Waals surface area contributed by atoms with Crippen molar-refractivity contribution in [3.05, 3.63) is 35.1 Å². The Morgan fingerprint density at radius 2 is 1.73 bits per heavy atom. The fourth-order valence-electron chi connectivity index (χ4n) is 2.05. The van der Waals surface area contributed by atoms with E-state index in [-0.39, 0.29) is 6.42 Å². The summed E-state index contributed by atoms with van der Waals surface area (Å²) in [5, 5.41) is 2.19. The Kier molecular flexibility index (Phi) is 6.88. The van der Waals surface area contributed by atoms with E-state index < -0.39 is 40.9 Å². The number of hydrogen-bond acceptors (Lipinski definition) is 2. The highest BCUT2D eigenvalue weighted by Crippen LogP contribution is 2.15. The molecule has 1 atom stereocenters. The number of amides is 2. The molecule has 0 saturated carbocycles. The normalized spacial score (nSPS) is 12.0. The molecule has 0 fully saturated rings. The molecule has 1 aromatic rings. The highest BCUT2D eigenvalue weighted by Gasteiger charge is 2.23. The lowest BCUT2D eigenvalue weighted by atomic mass is 10.1. The number of hydrogen-bond donors (Lipinski definition) is 2. The van der Waals surface area contributed by atoms with Crippen LogP contribution in [0.2, 0.25) is 0 Å². The molecule has 7 heteroatoms. The molecule has 4 nitrogen and oxygen atoms in total. The monoisotopic (exact) mass is 316 g/mol. The Labute approximate surface area is 126 Å². The largest absolute Gasteiger partial charge is 0.368 e. The Morgan fingerprint density at radius 1 is 1.14 bits per heavy atom. The summed E-state index contributed by atoms with van der Waals surface area (Å²) in [6.45, 7) is 2.02. The van der Waals surface area contributed by atoms with E-state index in [0.717, 1.165) is 19.3 Å². The summed E-state index contributed by atoms with van der Waals surface area (Å²) in [5.74, 6) is -5.70. The van der Waals surface area contributed by atoms with Gasteiger partial charge in [-0.15, -0.1) is 0 Å². The lowest BCUT2D eigenvalue weighted by Crippen LogP contribution is -2.44. The SMILES string of the molecule is CCCCCC[C@H](NC(=O)c1c(F)cc(F)cc1F)C(N)=O. The van der Waals surface area contributed by atoms with Crippen molar-refractivity contribution in [1.82, 2.24) is 5.32 Å². The summed E-state index contributed by atoms with van der Waals surface area (Å²) >= 11 is 0. The van der Waals surface area contributed by atoms with E-state index in [1.807, 2.05) is 6.92 Å². The zero-order valence-corrected chi connectivity index (χ0v) is 12.3. The van der Waals surface area contributed by atoms with Crippen LogP contribution in [-0.2, 0) is 4.79 Å². The van der Waals surface area contributed by atoms with Crippen molar-refractivity contribution in [1.29, 1.82) is 0 Å². The number of nitrogens with two attached hydrogens (primary N) is 1. The number of carbonyl (C=O) groups is 2. The molecule has 2 amide bonds. The molecule has 3 N–H and O–H groups in total. The third kappa shape index (κ3) is 5.05. The molecule has 0 bridgehead atoms. The Balaban J connectivity index is 2.77. The molecule has 0 aromatic heterocycles. The molecule has 0 spiro atoms. The minimum absolute atomic E-state index is 0.283. The number of primary amides is 1. The van der Waals surface area contributed by atoms with E-state index >= 15 is 0 Å². The minimum Gasteiger partial charge on any atom is -0.368 e. The summed E-state index contributed by atoms with van der Waals surface area (Å²) in [6.07, 6.45) is 3.76.